The molecule has 0 fully saturated rings. The van der Waals surface area contributed by atoms with E-state index in [2.05, 4.69) is 15.4 Å². The first-order valence-corrected chi connectivity index (χ1v) is 11.3. The number of nitrogens with one attached hydrogen (secondary N) is 1. The summed E-state index contributed by atoms with van der Waals surface area (Å²) in [7, 11) is -3.39. The molecule has 0 bridgehead atoms. The van der Waals surface area contributed by atoms with Crippen LogP contribution in [0.2, 0.25) is 0 Å². The third kappa shape index (κ3) is 7.25. The first-order chi connectivity index (χ1) is 15.3. The monoisotopic (exact) mass is 491 g/mol. The van der Waals surface area contributed by atoms with Gasteiger partial charge >= 0.3 is 12.1 Å². The Kier molecular flexibility index (Phi) is 8.55. The SMILES string of the molecule is CC(C)S(=O)(=O)N1Cc2ccnn2C(CC(=O)NCc2ccccn2)C1.O=C(O)C(F)(F)F. The number of carbonyl (C=O) groups is 2. The van der Waals surface area contributed by atoms with Crippen molar-refractivity contribution in [2.24, 2.45) is 0 Å². The maximum Gasteiger partial charge on any atom is 0.490 e. The van der Waals surface area contributed by atoms with Gasteiger partial charge in [0.25, 0.3) is 0 Å². The zero-order chi connectivity index (χ0) is 24.8. The Hall–Kier alpha value is -3.00. The quantitative estimate of drug-likeness (QED) is 0.628. The van der Waals surface area contributed by atoms with Crippen molar-refractivity contribution in [3.63, 3.8) is 0 Å². The molecule has 3 rings (SSSR count). The molecule has 182 valence electrons. The highest BCUT2D eigenvalue weighted by Crippen LogP contribution is 2.26. The van der Waals surface area contributed by atoms with E-state index in [-0.39, 0.29) is 31.5 Å². The largest absolute Gasteiger partial charge is 0.490 e. The van der Waals surface area contributed by atoms with Crippen LogP contribution in [0.4, 0.5) is 13.2 Å². The number of aliphatic carboxylic acids is 1. The number of halogens is 3. The predicted octanol–water partition coefficient (Wildman–Crippen LogP) is 1.71. The van der Waals surface area contributed by atoms with E-state index >= 15 is 0 Å². The highest BCUT2D eigenvalue weighted by molar-refractivity contribution is 7.89. The van der Waals surface area contributed by atoms with E-state index in [4.69, 9.17) is 9.90 Å². The molecule has 1 amide bonds. The minimum absolute atomic E-state index is 0.158. The second kappa shape index (κ2) is 10.7. The van der Waals surface area contributed by atoms with Gasteiger partial charge in [0.1, 0.15) is 0 Å². The second-order valence-corrected chi connectivity index (χ2v) is 9.90. The van der Waals surface area contributed by atoms with E-state index in [1.165, 1.54) is 4.31 Å². The molecule has 2 N–H and O–H groups in total. The maximum absolute atomic E-state index is 12.5. The molecule has 1 atom stereocenters. The van der Waals surface area contributed by atoms with Gasteiger partial charge in [0.2, 0.25) is 15.9 Å². The van der Waals surface area contributed by atoms with Crippen LogP contribution in [0, 0.1) is 0 Å². The van der Waals surface area contributed by atoms with E-state index in [9.17, 15) is 26.4 Å². The Morgan fingerprint density at radius 2 is 1.91 bits per heavy atom. The smallest absolute Gasteiger partial charge is 0.475 e. The summed E-state index contributed by atoms with van der Waals surface area (Å²) in [5.41, 5.74) is 1.57. The standard InChI is InChI=1S/C17H23N5O3S.C2HF3O2/c1-13(2)26(24,25)21-11-15-6-8-20-22(15)16(12-21)9-17(23)19-10-14-5-3-4-7-18-14;3-2(4,5)1(6)7/h3-8,13,16H,9-12H2,1-2H3,(H,19,23);(H,6,7). The Balaban J connectivity index is 0.000000479. The van der Waals surface area contributed by atoms with Gasteiger partial charge in [0, 0.05) is 18.9 Å². The summed E-state index contributed by atoms with van der Waals surface area (Å²) in [6, 6.07) is 6.98. The van der Waals surface area contributed by atoms with Gasteiger partial charge in [-0.1, -0.05) is 6.07 Å². The van der Waals surface area contributed by atoms with Crippen molar-refractivity contribution in [3.05, 3.63) is 48.0 Å². The lowest BCUT2D eigenvalue weighted by Crippen LogP contribution is -2.45. The van der Waals surface area contributed by atoms with E-state index < -0.39 is 27.4 Å². The van der Waals surface area contributed by atoms with Gasteiger partial charge in [-0.25, -0.2) is 13.2 Å². The summed E-state index contributed by atoms with van der Waals surface area (Å²) in [6.07, 6.45) is -1.61. The van der Waals surface area contributed by atoms with Crippen LogP contribution in [0.3, 0.4) is 0 Å². The number of sulfonamides is 1. The molecule has 0 aromatic carbocycles. The van der Waals surface area contributed by atoms with Gasteiger partial charge in [0.15, 0.2) is 0 Å². The first kappa shape index (κ1) is 26.3. The van der Waals surface area contributed by atoms with Gasteiger partial charge in [-0.3, -0.25) is 14.5 Å². The van der Waals surface area contributed by atoms with Crippen LogP contribution < -0.4 is 5.32 Å². The fourth-order valence-corrected chi connectivity index (χ4v) is 4.26. The number of pyridine rings is 1. The lowest BCUT2D eigenvalue weighted by Gasteiger charge is -2.33. The number of rotatable bonds is 6. The van der Waals surface area contributed by atoms with Crippen LogP contribution >= 0.6 is 0 Å². The normalized spacial score (nSPS) is 16.5. The van der Waals surface area contributed by atoms with Gasteiger partial charge in [-0.15, -0.1) is 0 Å². The molecule has 0 radical (unpaired) electrons. The van der Waals surface area contributed by atoms with Crippen LogP contribution in [0.15, 0.2) is 36.7 Å². The van der Waals surface area contributed by atoms with Crippen LogP contribution in [0.25, 0.3) is 0 Å². The molecule has 1 unspecified atom stereocenters. The average Bonchev–Trinajstić information content (AvgIpc) is 3.22. The van der Waals surface area contributed by atoms with Crippen molar-refractivity contribution in [1.82, 2.24) is 24.4 Å². The zero-order valence-corrected chi connectivity index (χ0v) is 18.7. The molecule has 14 heteroatoms. The topological polar surface area (TPSA) is 134 Å². The average molecular weight is 491 g/mol. The number of alkyl halides is 3. The molecule has 0 saturated carbocycles. The van der Waals surface area contributed by atoms with Crippen LogP contribution in [0.5, 0.6) is 0 Å². The summed E-state index contributed by atoms with van der Waals surface area (Å²) in [6.45, 7) is 4.19. The second-order valence-electron chi connectivity index (χ2n) is 7.41. The number of hydrogen-bond donors (Lipinski definition) is 2. The van der Waals surface area contributed by atoms with Crippen molar-refractivity contribution in [3.8, 4) is 0 Å². The third-order valence-corrected chi connectivity index (χ3v) is 6.85. The molecule has 2 aromatic heterocycles. The maximum atomic E-state index is 12.5. The van der Waals surface area contributed by atoms with Gasteiger partial charge in [-0.2, -0.15) is 22.6 Å². The number of aromatic nitrogens is 3. The van der Waals surface area contributed by atoms with E-state index in [1.807, 2.05) is 18.2 Å². The molecular formula is C19H24F3N5O5S. The third-order valence-electron chi connectivity index (χ3n) is 4.66. The summed E-state index contributed by atoms with van der Waals surface area (Å²) in [5, 5.41) is 13.7. The number of carbonyl (C=O) groups excluding carboxylic acids is 1. The van der Waals surface area contributed by atoms with Crippen molar-refractivity contribution in [1.29, 1.82) is 0 Å². The summed E-state index contributed by atoms with van der Waals surface area (Å²) >= 11 is 0. The Bertz CT molecular complexity index is 1060. The Labute approximate surface area is 188 Å². The van der Waals surface area contributed by atoms with Gasteiger partial charge < -0.3 is 10.4 Å². The Morgan fingerprint density at radius 1 is 1.24 bits per heavy atom. The van der Waals surface area contributed by atoms with E-state index in [1.54, 1.807) is 37.0 Å². The molecule has 0 aliphatic carbocycles. The van der Waals surface area contributed by atoms with Gasteiger partial charge in [-0.05, 0) is 32.0 Å². The van der Waals surface area contributed by atoms with Crippen molar-refractivity contribution in [2.45, 2.75) is 50.8 Å². The summed E-state index contributed by atoms with van der Waals surface area (Å²) < 4.78 is 60.0. The van der Waals surface area contributed by atoms with Crippen molar-refractivity contribution < 1.29 is 36.3 Å². The molecule has 3 heterocycles. The van der Waals surface area contributed by atoms with E-state index in [0.29, 0.717) is 6.54 Å². The molecule has 2 aromatic rings. The lowest BCUT2D eigenvalue weighted by molar-refractivity contribution is -0.192. The zero-order valence-electron chi connectivity index (χ0n) is 17.9. The number of carboxylic acids is 1. The predicted molar refractivity (Wildman–Crippen MR) is 110 cm³/mol. The number of amides is 1. The van der Waals surface area contributed by atoms with Crippen molar-refractivity contribution in [2.75, 3.05) is 6.54 Å². The van der Waals surface area contributed by atoms with Crippen LogP contribution in [-0.2, 0) is 32.7 Å². The lowest BCUT2D eigenvalue weighted by atomic mass is 10.1. The van der Waals surface area contributed by atoms with Crippen LogP contribution in [0.1, 0.15) is 37.7 Å². The minimum Gasteiger partial charge on any atom is -0.475 e. The van der Waals surface area contributed by atoms with Crippen LogP contribution in [-0.4, -0.2) is 62.4 Å². The number of fused-ring (bicyclic) bond motifs is 1. The van der Waals surface area contributed by atoms with Crippen molar-refractivity contribution >= 4 is 21.9 Å². The number of carboxylic acid groups (broad SMARTS) is 1. The molecular weight excluding hydrogens is 467 g/mol. The molecule has 33 heavy (non-hydrogen) atoms. The number of nitrogens with zero attached hydrogens (tertiary/aromatic N) is 4. The fraction of sp³-hybridized carbons (Fsp3) is 0.474. The summed E-state index contributed by atoms with van der Waals surface area (Å²) in [5.74, 6) is -2.92. The van der Waals surface area contributed by atoms with Gasteiger partial charge in [0.05, 0.1) is 42.2 Å². The highest BCUT2D eigenvalue weighted by Gasteiger charge is 2.38. The molecule has 1 aliphatic heterocycles. The first-order valence-electron chi connectivity index (χ1n) is 9.80. The number of hydrogen-bond acceptors (Lipinski definition) is 6. The summed E-state index contributed by atoms with van der Waals surface area (Å²) in [4.78, 5) is 25.4. The molecule has 0 saturated heterocycles. The fourth-order valence-electron chi connectivity index (χ4n) is 2.97. The molecule has 0 spiro atoms. The highest BCUT2D eigenvalue weighted by atomic mass is 32.2. The van der Waals surface area contributed by atoms with E-state index in [0.717, 1.165) is 11.4 Å². The minimum atomic E-state index is -5.08. The molecule has 10 nitrogen and oxygen atoms in total. The molecule has 1 aliphatic rings. The Morgan fingerprint density at radius 3 is 2.45 bits per heavy atom.